The van der Waals surface area contributed by atoms with Crippen molar-refractivity contribution in [3.8, 4) is 5.75 Å². The molecule has 1 atom stereocenters. The lowest BCUT2D eigenvalue weighted by Crippen LogP contribution is -2.49. The molecule has 3 aromatic carbocycles. The highest BCUT2D eigenvalue weighted by Crippen LogP contribution is 2.30. The lowest BCUT2D eigenvalue weighted by atomic mass is 9.99. The minimum atomic E-state index is -0.397. The zero-order valence-electron chi connectivity index (χ0n) is 23.0. The molecule has 6 rings (SSSR count). The van der Waals surface area contributed by atoms with E-state index in [-0.39, 0.29) is 5.56 Å². The van der Waals surface area contributed by atoms with E-state index >= 15 is 0 Å². The number of nitrogens with one attached hydrogen (secondary N) is 1. The van der Waals surface area contributed by atoms with Crippen LogP contribution in [0.25, 0.3) is 10.9 Å². The van der Waals surface area contributed by atoms with Crippen molar-refractivity contribution in [1.29, 1.82) is 0 Å². The first-order valence-corrected chi connectivity index (χ1v) is 13.6. The Hall–Kier alpha value is -4.50. The van der Waals surface area contributed by atoms with Crippen LogP contribution in [0.3, 0.4) is 0 Å². The van der Waals surface area contributed by atoms with E-state index in [1.165, 1.54) is 0 Å². The summed E-state index contributed by atoms with van der Waals surface area (Å²) in [6, 6.07) is 24.1. The molecule has 1 aliphatic rings. The Morgan fingerprint density at radius 2 is 1.70 bits per heavy atom. The largest absolute Gasteiger partial charge is 0.497 e. The van der Waals surface area contributed by atoms with E-state index in [2.05, 4.69) is 73.6 Å². The number of nitrogens with zero attached hydrogens (tertiary/aromatic N) is 6. The predicted molar refractivity (Wildman–Crippen MR) is 156 cm³/mol. The minimum absolute atomic E-state index is 0.113. The third kappa shape index (κ3) is 4.96. The second kappa shape index (κ2) is 10.9. The summed E-state index contributed by atoms with van der Waals surface area (Å²) in [5, 5.41) is 13.9. The van der Waals surface area contributed by atoms with Crippen LogP contribution in [-0.2, 0) is 6.54 Å². The number of aromatic amines is 1. The van der Waals surface area contributed by atoms with Gasteiger partial charge < -0.3 is 14.6 Å². The Bertz CT molecular complexity index is 1670. The molecule has 0 radical (unpaired) electrons. The molecule has 0 saturated carbocycles. The molecule has 1 N–H and O–H groups in total. The van der Waals surface area contributed by atoms with E-state index in [1.54, 1.807) is 7.11 Å². The Kier molecular flexibility index (Phi) is 7.04. The summed E-state index contributed by atoms with van der Waals surface area (Å²) in [5.41, 5.74) is 5.89. The highest BCUT2D eigenvalue weighted by atomic mass is 16.5. The van der Waals surface area contributed by atoms with Gasteiger partial charge in [0.1, 0.15) is 11.8 Å². The van der Waals surface area contributed by atoms with E-state index in [0.717, 1.165) is 65.2 Å². The molecule has 3 heterocycles. The molecule has 40 heavy (non-hydrogen) atoms. The summed E-state index contributed by atoms with van der Waals surface area (Å²) < 4.78 is 7.14. The zero-order valence-corrected chi connectivity index (χ0v) is 23.0. The van der Waals surface area contributed by atoms with E-state index in [9.17, 15) is 4.79 Å². The fourth-order valence-electron chi connectivity index (χ4n) is 5.55. The molecule has 0 unspecified atom stereocenters. The number of ether oxygens (including phenoxy) is 1. The molecule has 1 fully saturated rings. The number of H-pyrrole nitrogens is 1. The maximum atomic E-state index is 13.7. The molecule has 204 valence electrons. The summed E-state index contributed by atoms with van der Waals surface area (Å²) in [5.74, 6) is 1.50. The maximum absolute atomic E-state index is 13.7. The number of hydrogen-bond donors (Lipinski definition) is 1. The van der Waals surface area contributed by atoms with Crippen molar-refractivity contribution in [2.24, 2.45) is 0 Å². The minimum Gasteiger partial charge on any atom is -0.497 e. The standard InChI is InChI=1S/C31H33N7O2/c1-21-9-10-24-19-27(31(39)32-28(24)22(21)2)29(30-33-34-35-38(30)20-23-7-5-4-6-8-23)37-17-15-36(16-18-37)25-11-13-26(40-3)14-12-25/h4-14,19,29H,15-18,20H2,1-3H3,(H,32,39)/t29-/m1/s1. The van der Waals surface area contributed by atoms with Gasteiger partial charge in [0.2, 0.25) is 0 Å². The van der Waals surface area contributed by atoms with Crippen LogP contribution in [0, 0.1) is 13.8 Å². The fraction of sp³-hybridized carbons (Fsp3) is 0.290. The smallest absolute Gasteiger partial charge is 0.253 e. The molecule has 1 aliphatic heterocycles. The van der Waals surface area contributed by atoms with Gasteiger partial charge in [0.15, 0.2) is 5.82 Å². The van der Waals surface area contributed by atoms with Gasteiger partial charge in [-0.15, -0.1) is 5.10 Å². The topological polar surface area (TPSA) is 92.2 Å². The Morgan fingerprint density at radius 3 is 2.42 bits per heavy atom. The molecule has 0 bridgehead atoms. The Balaban J connectivity index is 1.37. The van der Waals surface area contributed by atoms with E-state index in [0.29, 0.717) is 17.9 Å². The summed E-state index contributed by atoms with van der Waals surface area (Å²) in [4.78, 5) is 21.6. The molecule has 0 aliphatic carbocycles. The predicted octanol–water partition coefficient (Wildman–Crippen LogP) is 4.10. The van der Waals surface area contributed by atoms with Gasteiger partial charge in [-0.05, 0) is 76.7 Å². The number of tetrazole rings is 1. The normalized spacial score (nSPS) is 14.9. The van der Waals surface area contributed by atoms with Crippen molar-refractivity contribution in [2.75, 3.05) is 38.2 Å². The number of hydrogen-bond acceptors (Lipinski definition) is 7. The number of aromatic nitrogens is 5. The molecular formula is C31H33N7O2. The van der Waals surface area contributed by atoms with Crippen LogP contribution in [0.1, 0.15) is 34.1 Å². The molecule has 2 aromatic heterocycles. The summed E-state index contributed by atoms with van der Waals surface area (Å²) in [7, 11) is 1.68. The Morgan fingerprint density at radius 1 is 0.950 bits per heavy atom. The quantitative estimate of drug-likeness (QED) is 0.336. The number of aryl methyl sites for hydroxylation is 2. The number of anilines is 1. The maximum Gasteiger partial charge on any atom is 0.253 e. The van der Waals surface area contributed by atoms with Crippen molar-refractivity contribution >= 4 is 16.6 Å². The highest BCUT2D eigenvalue weighted by Gasteiger charge is 2.33. The van der Waals surface area contributed by atoms with Gasteiger partial charge in [-0.3, -0.25) is 9.69 Å². The molecule has 0 spiro atoms. The van der Waals surface area contributed by atoms with Crippen molar-refractivity contribution in [3.63, 3.8) is 0 Å². The molecule has 9 heteroatoms. The van der Waals surface area contributed by atoms with Crippen LogP contribution in [0.5, 0.6) is 5.75 Å². The van der Waals surface area contributed by atoms with E-state index < -0.39 is 6.04 Å². The van der Waals surface area contributed by atoms with Crippen LogP contribution in [0.15, 0.2) is 77.6 Å². The van der Waals surface area contributed by atoms with Crippen molar-refractivity contribution in [2.45, 2.75) is 26.4 Å². The van der Waals surface area contributed by atoms with Gasteiger partial charge in [0, 0.05) is 37.4 Å². The first-order chi connectivity index (χ1) is 19.5. The van der Waals surface area contributed by atoms with Crippen LogP contribution in [0.2, 0.25) is 0 Å². The van der Waals surface area contributed by atoms with Crippen LogP contribution < -0.4 is 15.2 Å². The average molecular weight is 536 g/mol. The fourth-order valence-corrected chi connectivity index (χ4v) is 5.55. The first-order valence-electron chi connectivity index (χ1n) is 13.6. The summed E-state index contributed by atoms with van der Waals surface area (Å²) in [6.07, 6.45) is 0. The SMILES string of the molecule is COc1ccc(N2CCN([C@H](c3cc4ccc(C)c(C)c4[nH]c3=O)c3nnnn3Cc3ccccc3)CC2)cc1. The molecule has 5 aromatic rings. The Labute approximate surface area is 233 Å². The molecule has 9 nitrogen and oxygen atoms in total. The van der Waals surface area contributed by atoms with Crippen molar-refractivity contribution < 1.29 is 4.74 Å². The number of pyridine rings is 1. The van der Waals surface area contributed by atoms with E-state index in [1.807, 2.05) is 48.0 Å². The summed E-state index contributed by atoms with van der Waals surface area (Å²) in [6.45, 7) is 7.75. The van der Waals surface area contributed by atoms with Gasteiger partial charge in [-0.1, -0.05) is 42.5 Å². The zero-order chi connectivity index (χ0) is 27.6. The first kappa shape index (κ1) is 25.8. The van der Waals surface area contributed by atoms with Gasteiger partial charge in [-0.2, -0.15) is 0 Å². The molecule has 1 saturated heterocycles. The van der Waals surface area contributed by atoms with Crippen molar-refractivity contribution in [1.82, 2.24) is 30.1 Å². The highest BCUT2D eigenvalue weighted by molar-refractivity contribution is 5.83. The third-order valence-corrected chi connectivity index (χ3v) is 7.97. The molecular weight excluding hydrogens is 502 g/mol. The lowest BCUT2D eigenvalue weighted by Gasteiger charge is -2.39. The second-order valence-corrected chi connectivity index (χ2v) is 10.3. The third-order valence-electron chi connectivity index (χ3n) is 7.97. The van der Waals surface area contributed by atoms with E-state index in [4.69, 9.17) is 4.74 Å². The number of methoxy groups -OCH3 is 1. The number of benzene rings is 3. The van der Waals surface area contributed by atoms with Crippen LogP contribution in [0.4, 0.5) is 5.69 Å². The van der Waals surface area contributed by atoms with Crippen LogP contribution in [-0.4, -0.2) is 63.4 Å². The average Bonchev–Trinajstić information content (AvgIpc) is 3.44. The van der Waals surface area contributed by atoms with Gasteiger partial charge in [-0.25, -0.2) is 4.68 Å². The van der Waals surface area contributed by atoms with Gasteiger partial charge in [0.25, 0.3) is 5.56 Å². The monoisotopic (exact) mass is 535 g/mol. The number of fused-ring (bicyclic) bond motifs is 1. The number of rotatable bonds is 7. The number of piperazine rings is 1. The van der Waals surface area contributed by atoms with Crippen molar-refractivity contribution in [3.05, 3.63) is 111 Å². The van der Waals surface area contributed by atoms with Gasteiger partial charge >= 0.3 is 0 Å². The van der Waals surface area contributed by atoms with Crippen LogP contribution >= 0.6 is 0 Å². The second-order valence-electron chi connectivity index (χ2n) is 10.3. The lowest BCUT2D eigenvalue weighted by molar-refractivity contribution is 0.200. The molecule has 0 amide bonds. The van der Waals surface area contributed by atoms with Gasteiger partial charge in [0.05, 0.1) is 19.2 Å². The summed E-state index contributed by atoms with van der Waals surface area (Å²) >= 11 is 0.